The first-order chi connectivity index (χ1) is 14.1. The number of hydrogen-bond donors (Lipinski definition) is 0. The highest BCUT2D eigenvalue weighted by Gasteiger charge is 2.34. The van der Waals surface area contributed by atoms with Crippen LogP contribution in [0, 0.1) is 0 Å². The highest BCUT2D eigenvalue weighted by molar-refractivity contribution is 7.99. The van der Waals surface area contributed by atoms with Gasteiger partial charge >= 0.3 is 0 Å². The molecule has 1 amide bonds. The zero-order valence-corrected chi connectivity index (χ0v) is 18.3. The van der Waals surface area contributed by atoms with Gasteiger partial charge in [-0.2, -0.15) is 0 Å². The number of benzene rings is 3. The molecular weight excluding hydrogens is 400 g/mol. The molecule has 0 bridgehead atoms. The summed E-state index contributed by atoms with van der Waals surface area (Å²) in [6, 6.07) is 20.5. The van der Waals surface area contributed by atoms with E-state index in [9.17, 15) is 4.79 Å². The summed E-state index contributed by atoms with van der Waals surface area (Å²) >= 11 is 7.94. The first-order valence-electron chi connectivity index (χ1n) is 10.1. The summed E-state index contributed by atoms with van der Waals surface area (Å²) in [5.74, 6) is 0.975. The smallest absolute Gasteiger partial charge is 0.241 e. The first-order valence-corrected chi connectivity index (χ1v) is 11.4. The fourth-order valence-electron chi connectivity index (χ4n) is 3.94. The average Bonchev–Trinajstić information content (AvgIpc) is 2.77. The van der Waals surface area contributed by atoms with E-state index in [0.29, 0.717) is 11.6 Å². The van der Waals surface area contributed by atoms with E-state index >= 15 is 0 Å². The van der Waals surface area contributed by atoms with Crippen molar-refractivity contribution in [2.45, 2.75) is 24.8 Å². The van der Waals surface area contributed by atoms with Crippen LogP contribution < -0.4 is 4.90 Å². The summed E-state index contributed by atoms with van der Waals surface area (Å²) in [5, 5.41) is 3.00. The van der Waals surface area contributed by atoms with E-state index in [4.69, 9.17) is 11.6 Å². The Morgan fingerprint density at radius 3 is 2.52 bits per heavy atom. The van der Waals surface area contributed by atoms with Gasteiger partial charge in [0, 0.05) is 21.1 Å². The van der Waals surface area contributed by atoms with E-state index < -0.39 is 0 Å². The van der Waals surface area contributed by atoms with Crippen molar-refractivity contribution in [2.75, 3.05) is 30.3 Å². The number of nitrogens with zero attached hydrogens (tertiary/aromatic N) is 2. The second-order valence-corrected chi connectivity index (χ2v) is 8.74. The lowest BCUT2D eigenvalue weighted by Crippen LogP contribution is -2.44. The minimum Gasteiger partial charge on any atom is -0.301 e. The molecule has 0 radical (unpaired) electrons. The molecule has 0 spiro atoms. The number of carbonyl (C=O) groups excluding carboxylic acids is 1. The molecule has 3 aromatic carbocycles. The van der Waals surface area contributed by atoms with Crippen LogP contribution in [0.5, 0.6) is 0 Å². The SMILES string of the molecule is CCN(CC)CC(=O)N1c2c(ccc3ccccc23)SCC1c1ccc(Cl)cc1. The molecule has 1 aliphatic heterocycles. The van der Waals surface area contributed by atoms with Crippen molar-refractivity contribution in [1.29, 1.82) is 0 Å². The number of anilines is 1. The van der Waals surface area contributed by atoms with Crippen molar-refractivity contribution >= 4 is 45.7 Å². The lowest BCUT2D eigenvalue weighted by Gasteiger charge is -2.39. The number of hydrogen-bond acceptors (Lipinski definition) is 3. The van der Waals surface area contributed by atoms with Gasteiger partial charge in [-0.25, -0.2) is 0 Å². The van der Waals surface area contributed by atoms with Gasteiger partial charge in [-0.15, -0.1) is 11.8 Å². The molecule has 150 valence electrons. The number of likely N-dealkylation sites (N-methyl/N-ethyl adjacent to an activating group) is 1. The van der Waals surface area contributed by atoms with Gasteiger partial charge in [0.1, 0.15) is 0 Å². The Kier molecular flexibility index (Phi) is 6.14. The summed E-state index contributed by atoms with van der Waals surface area (Å²) in [5.41, 5.74) is 2.16. The highest BCUT2D eigenvalue weighted by Crippen LogP contribution is 2.47. The third-order valence-corrected chi connectivity index (χ3v) is 6.96. The van der Waals surface area contributed by atoms with Crippen LogP contribution in [0.4, 0.5) is 5.69 Å². The van der Waals surface area contributed by atoms with Crippen molar-refractivity contribution in [3.8, 4) is 0 Å². The van der Waals surface area contributed by atoms with Gasteiger partial charge in [-0.05, 0) is 42.2 Å². The maximum absolute atomic E-state index is 13.6. The van der Waals surface area contributed by atoms with Crippen molar-refractivity contribution < 1.29 is 4.79 Å². The molecule has 1 atom stereocenters. The second kappa shape index (κ2) is 8.78. The normalized spacial score (nSPS) is 16.3. The molecule has 3 nitrogen and oxygen atoms in total. The van der Waals surface area contributed by atoms with Crippen molar-refractivity contribution in [2.24, 2.45) is 0 Å². The van der Waals surface area contributed by atoms with Crippen LogP contribution >= 0.6 is 23.4 Å². The molecule has 1 unspecified atom stereocenters. The summed E-state index contributed by atoms with van der Waals surface area (Å²) < 4.78 is 0. The maximum Gasteiger partial charge on any atom is 0.241 e. The minimum atomic E-state index is -0.0152. The van der Waals surface area contributed by atoms with Crippen LogP contribution in [0.2, 0.25) is 5.02 Å². The first kappa shape index (κ1) is 20.3. The predicted molar refractivity (Wildman–Crippen MR) is 124 cm³/mol. The van der Waals surface area contributed by atoms with E-state index in [1.165, 1.54) is 4.90 Å². The van der Waals surface area contributed by atoms with Gasteiger partial charge in [-0.1, -0.05) is 67.9 Å². The lowest BCUT2D eigenvalue weighted by atomic mass is 10.0. The molecule has 0 saturated heterocycles. The average molecular weight is 425 g/mol. The molecule has 0 fully saturated rings. The number of thioether (sulfide) groups is 1. The molecule has 3 aromatic rings. The van der Waals surface area contributed by atoms with Crippen molar-refractivity contribution in [1.82, 2.24) is 4.90 Å². The highest BCUT2D eigenvalue weighted by atomic mass is 35.5. The Morgan fingerprint density at radius 2 is 1.79 bits per heavy atom. The summed E-state index contributed by atoms with van der Waals surface area (Å²) in [6.45, 7) is 6.34. The number of fused-ring (bicyclic) bond motifs is 3. The van der Waals surface area contributed by atoms with Crippen molar-refractivity contribution in [3.05, 3.63) is 71.2 Å². The topological polar surface area (TPSA) is 23.6 Å². The van der Waals surface area contributed by atoms with Crippen LogP contribution in [-0.4, -0.2) is 36.2 Å². The number of rotatable bonds is 5. The maximum atomic E-state index is 13.6. The van der Waals surface area contributed by atoms with Gasteiger partial charge in [0.15, 0.2) is 0 Å². The zero-order chi connectivity index (χ0) is 20.4. The Labute approximate surface area is 181 Å². The third kappa shape index (κ3) is 4.02. The quantitative estimate of drug-likeness (QED) is 0.500. The summed E-state index contributed by atoms with van der Waals surface area (Å²) in [6.07, 6.45) is 0. The van der Waals surface area contributed by atoms with Crippen LogP contribution in [0.1, 0.15) is 25.5 Å². The lowest BCUT2D eigenvalue weighted by molar-refractivity contribution is -0.120. The third-order valence-electron chi connectivity index (χ3n) is 5.59. The van der Waals surface area contributed by atoms with E-state index in [2.05, 4.69) is 43.0 Å². The zero-order valence-electron chi connectivity index (χ0n) is 16.8. The van der Waals surface area contributed by atoms with Crippen LogP contribution in [0.15, 0.2) is 65.6 Å². The Bertz CT molecular complexity index is 1020. The Balaban J connectivity index is 1.85. The monoisotopic (exact) mass is 424 g/mol. The van der Waals surface area contributed by atoms with Gasteiger partial charge in [0.2, 0.25) is 5.91 Å². The molecular formula is C24H25ClN2OS. The van der Waals surface area contributed by atoms with Gasteiger partial charge in [-0.3, -0.25) is 9.69 Å². The summed E-state index contributed by atoms with van der Waals surface area (Å²) in [4.78, 5) is 19.0. The van der Waals surface area contributed by atoms with E-state index in [-0.39, 0.29) is 11.9 Å². The molecule has 29 heavy (non-hydrogen) atoms. The van der Waals surface area contributed by atoms with Crippen LogP contribution in [0.3, 0.4) is 0 Å². The molecule has 1 heterocycles. The minimum absolute atomic E-state index is 0.0152. The second-order valence-electron chi connectivity index (χ2n) is 7.24. The largest absolute Gasteiger partial charge is 0.301 e. The van der Waals surface area contributed by atoms with Crippen molar-refractivity contribution in [3.63, 3.8) is 0 Å². The molecule has 0 aliphatic carbocycles. The standard InChI is InChI=1S/C24H25ClN2OS/c1-3-26(4-2)15-23(28)27-21(18-9-12-19(25)13-10-18)16-29-22-14-11-17-7-5-6-8-20(17)24(22)27/h5-14,21H,3-4,15-16H2,1-2H3. The molecule has 0 N–H and O–H groups in total. The van der Waals surface area contributed by atoms with E-state index in [1.807, 2.05) is 53.1 Å². The fraction of sp³-hybridized carbons (Fsp3) is 0.292. The van der Waals surface area contributed by atoms with Crippen LogP contribution in [0.25, 0.3) is 10.8 Å². The fourth-order valence-corrected chi connectivity index (χ4v) is 5.26. The van der Waals surface area contributed by atoms with Gasteiger partial charge in [0.25, 0.3) is 0 Å². The molecule has 0 saturated carbocycles. The van der Waals surface area contributed by atoms with E-state index in [1.54, 1.807) is 0 Å². The van der Waals surface area contributed by atoms with Crippen LogP contribution in [-0.2, 0) is 4.79 Å². The predicted octanol–water partition coefficient (Wildman–Crippen LogP) is 6.02. The Hall–Kier alpha value is -2.01. The molecule has 4 rings (SSSR count). The van der Waals surface area contributed by atoms with Gasteiger partial charge in [0.05, 0.1) is 18.3 Å². The summed E-state index contributed by atoms with van der Waals surface area (Å²) in [7, 11) is 0. The molecule has 1 aliphatic rings. The Morgan fingerprint density at radius 1 is 1.07 bits per heavy atom. The number of carbonyl (C=O) groups is 1. The number of halogens is 1. The molecule has 0 aromatic heterocycles. The van der Waals surface area contributed by atoms with E-state index in [0.717, 1.165) is 40.9 Å². The number of amides is 1. The van der Waals surface area contributed by atoms with Gasteiger partial charge < -0.3 is 4.90 Å². The molecule has 5 heteroatoms.